The Morgan fingerprint density at radius 2 is 1.90 bits per heavy atom. The van der Waals surface area contributed by atoms with Crippen molar-refractivity contribution in [3.8, 4) is 0 Å². The van der Waals surface area contributed by atoms with Gasteiger partial charge >= 0.3 is 0 Å². The summed E-state index contributed by atoms with van der Waals surface area (Å²) in [7, 11) is -3.60. The zero-order valence-electron chi connectivity index (χ0n) is 11.5. The molecule has 1 aromatic carbocycles. The molecular formula is C14H16BrNO3S. The van der Waals surface area contributed by atoms with Crippen LogP contribution in [0.3, 0.4) is 0 Å². The number of hydrogen-bond acceptors (Lipinski definition) is 3. The van der Waals surface area contributed by atoms with Crippen molar-refractivity contribution in [2.45, 2.75) is 31.7 Å². The lowest BCUT2D eigenvalue weighted by Crippen LogP contribution is -2.27. The summed E-state index contributed by atoms with van der Waals surface area (Å²) in [5, 5.41) is 0. The van der Waals surface area contributed by atoms with Crippen molar-refractivity contribution in [1.82, 2.24) is 4.72 Å². The predicted octanol–water partition coefficient (Wildman–Crippen LogP) is 3.70. The molecule has 0 amide bonds. The fourth-order valence-corrected chi connectivity index (χ4v) is 4.27. The van der Waals surface area contributed by atoms with Gasteiger partial charge in [0.25, 0.3) is 0 Å². The Bertz CT molecular complexity index is 722. The summed E-state index contributed by atoms with van der Waals surface area (Å²) in [6.45, 7) is 5.47. The molecule has 0 aliphatic rings. The fourth-order valence-electron chi connectivity index (χ4n) is 1.86. The maximum absolute atomic E-state index is 12.4. The molecule has 6 heteroatoms. The number of halogens is 1. The summed E-state index contributed by atoms with van der Waals surface area (Å²) in [6, 6.07) is 8.27. The van der Waals surface area contributed by atoms with E-state index in [1.165, 1.54) is 0 Å². The van der Waals surface area contributed by atoms with Crippen LogP contribution in [-0.2, 0) is 10.0 Å². The van der Waals surface area contributed by atoms with Gasteiger partial charge in [-0.25, -0.2) is 13.1 Å². The summed E-state index contributed by atoms with van der Waals surface area (Å²) < 4.78 is 33.3. The molecule has 4 nitrogen and oxygen atoms in total. The van der Waals surface area contributed by atoms with Gasteiger partial charge in [0.2, 0.25) is 10.0 Å². The summed E-state index contributed by atoms with van der Waals surface area (Å²) in [4.78, 5) is 0.221. The first-order chi connectivity index (χ1) is 9.29. The Morgan fingerprint density at radius 3 is 2.45 bits per heavy atom. The lowest BCUT2D eigenvalue weighted by Gasteiger charge is -2.13. The molecule has 0 saturated carbocycles. The zero-order chi connectivity index (χ0) is 14.9. The minimum atomic E-state index is -3.60. The van der Waals surface area contributed by atoms with Gasteiger partial charge in [0.1, 0.15) is 11.5 Å². The van der Waals surface area contributed by atoms with Crippen LogP contribution in [0, 0.1) is 13.8 Å². The number of rotatable bonds is 4. The van der Waals surface area contributed by atoms with Crippen molar-refractivity contribution < 1.29 is 12.8 Å². The second-order valence-corrected chi connectivity index (χ2v) is 7.26. The minimum Gasteiger partial charge on any atom is -0.465 e. The molecule has 0 fully saturated rings. The standard InChI is InChI=1S/C14H16BrNO3S/c1-9-4-7-14(12(15)8-9)20(17,18)16-11(3)13-6-5-10(2)19-13/h4-8,11,16H,1-3H3/t11-/m1/s1. The monoisotopic (exact) mass is 357 g/mol. The molecule has 108 valence electrons. The Balaban J connectivity index is 2.27. The highest BCUT2D eigenvalue weighted by molar-refractivity contribution is 9.10. The van der Waals surface area contributed by atoms with Gasteiger partial charge in [0.15, 0.2) is 0 Å². The number of hydrogen-bond donors (Lipinski definition) is 1. The molecule has 0 spiro atoms. The second-order valence-electron chi connectivity index (χ2n) is 4.73. The van der Waals surface area contributed by atoms with Crippen LogP contribution in [0.1, 0.15) is 30.0 Å². The molecule has 0 bridgehead atoms. The first kappa shape index (κ1) is 15.3. The van der Waals surface area contributed by atoms with E-state index in [1.807, 2.05) is 19.9 Å². The lowest BCUT2D eigenvalue weighted by molar-refractivity contribution is 0.441. The first-order valence-electron chi connectivity index (χ1n) is 6.14. The molecule has 0 radical (unpaired) electrons. The van der Waals surface area contributed by atoms with E-state index in [1.54, 1.807) is 31.2 Å². The highest BCUT2D eigenvalue weighted by Crippen LogP contribution is 2.25. The minimum absolute atomic E-state index is 0.221. The van der Waals surface area contributed by atoms with Gasteiger partial charge in [-0.05, 0) is 66.5 Å². The van der Waals surface area contributed by atoms with Crippen LogP contribution in [0.15, 0.2) is 44.1 Å². The third kappa shape index (κ3) is 3.31. The molecule has 20 heavy (non-hydrogen) atoms. The van der Waals surface area contributed by atoms with Crippen molar-refractivity contribution in [3.05, 3.63) is 51.9 Å². The van der Waals surface area contributed by atoms with Crippen molar-refractivity contribution >= 4 is 26.0 Å². The summed E-state index contributed by atoms with van der Waals surface area (Å²) in [5.74, 6) is 1.34. The number of sulfonamides is 1. The number of nitrogens with one attached hydrogen (secondary N) is 1. The van der Waals surface area contributed by atoms with Gasteiger partial charge in [-0.2, -0.15) is 0 Å². The summed E-state index contributed by atoms with van der Waals surface area (Å²) in [6.07, 6.45) is 0. The van der Waals surface area contributed by atoms with E-state index in [9.17, 15) is 8.42 Å². The average molecular weight is 358 g/mol. The van der Waals surface area contributed by atoms with Gasteiger partial charge in [0, 0.05) is 4.47 Å². The summed E-state index contributed by atoms with van der Waals surface area (Å²) in [5.41, 5.74) is 0.991. The third-order valence-corrected chi connectivity index (χ3v) is 5.41. The van der Waals surface area contributed by atoms with Crippen LogP contribution in [-0.4, -0.2) is 8.42 Å². The van der Waals surface area contributed by atoms with Crippen molar-refractivity contribution in [3.63, 3.8) is 0 Å². The van der Waals surface area contributed by atoms with E-state index >= 15 is 0 Å². The van der Waals surface area contributed by atoms with Crippen molar-refractivity contribution in [2.24, 2.45) is 0 Å². The van der Waals surface area contributed by atoms with E-state index in [4.69, 9.17) is 4.42 Å². The molecule has 0 saturated heterocycles. The van der Waals surface area contributed by atoms with Gasteiger partial charge in [-0.3, -0.25) is 0 Å². The first-order valence-corrected chi connectivity index (χ1v) is 8.42. The molecule has 2 aromatic rings. The quantitative estimate of drug-likeness (QED) is 0.907. The number of benzene rings is 1. The fraction of sp³-hybridized carbons (Fsp3) is 0.286. The zero-order valence-corrected chi connectivity index (χ0v) is 13.9. The smallest absolute Gasteiger partial charge is 0.242 e. The topological polar surface area (TPSA) is 59.3 Å². The molecule has 1 N–H and O–H groups in total. The van der Waals surface area contributed by atoms with E-state index in [0.717, 1.165) is 11.3 Å². The molecule has 0 aliphatic carbocycles. The molecule has 1 aromatic heterocycles. The van der Waals surface area contributed by atoms with Crippen LogP contribution in [0.2, 0.25) is 0 Å². The average Bonchev–Trinajstić information content (AvgIpc) is 2.74. The molecule has 1 atom stereocenters. The van der Waals surface area contributed by atoms with Gasteiger partial charge in [-0.1, -0.05) is 6.07 Å². The van der Waals surface area contributed by atoms with Crippen LogP contribution in [0.4, 0.5) is 0 Å². The largest absolute Gasteiger partial charge is 0.465 e. The van der Waals surface area contributed by atoms with Gasteiger partial charge in [-0.15, -0.1) is 0 Å². The molecule has 1 heterocycles. The van der Waals surface area contributed by atoms with Crippen LogP contribution < -0.4 is 4.72 Å². The molecule has 0 aliphatic heterocycles. The molecular weight excluding hydrogens is 342 g/mol. The van der Waals surface area contributed by atoms with Gasteiger partial charge in [0.05, 0.1) is 10.9 Å². The second kappa shape index (κ2) is 5.71. The predicted molar refractivity (Wildman–Crippen MR) is 81.1 cm³/mol. The van der Waals surface area contributed by atoms with Gasteiger partial charge < -0.3 is 4.42 Å². The Kier molecular flexibility index (Phi) is 4.36. The van der Waals surface area contributed by atoms with E-state index in [2.05, 4.69) is 20.7 Å². The van der Waals surface area contributed by atoms with Crippen LogP contribution >= 0.6 is 15.9 Å². The SMILES string of the molecule is Cc1ccc(S(=O)(=O)N[C@H](C)c2ccc(C)o2)c(Br)c1. The normalized spacial score (nSPS) is 13.4. The Hall–Kier alpha value is -1.11. The van der Waals surface area contributed by atoms with Crippen molar-refractivity contribution in [2.75, 3.05) is 0 Å². The maximum atomic E-state index is 12.4. The molecule has 2 rings (SSSR count). The number of aryl methyl sites for hydroxylation is 2. The third-order valence-electron chi connectivity index (χ3n) is 2.90. The van der Waals surface area contributed by atoms with Crippen molar-refractivity contribution in [1.29, 1.82) is 0 Å². The highest BCUT2D eigenvalue weighted by atomic mass is 79.9. The van der Waals surface area contributed by atoms with Crippen LogP contribution in [0.5, 0.6) is 0 Å². The molecule has 0 unspecified atom stereocenters. The highest BCUT2D eigenvalue weighted by Gasteiger charge is 2.22. The maximum Gasteiger partial charge on any atom is 0.242 e. The Labute approximate surface area is 127 Å². The lowest BCUT2D eigenvalue weighted by atomic mass is 10.2. The van der Waals surface area contributed by atoms with E-state index in [0.29, 0.717) is 10.2 Å². The van der Waals surface area contributed by atoms with E-state index in [-0.39, 0.29) is 4.90 Å². The number of furan rings is 1. The Morgan fingerprint density at radius 1 is 1.20 bits per heavy atom. The van der Waals surface area contributed by atoms with Crippen LogP contribution in [0.25, 0.3) is 0 Å². The van der Waals surface area contributed by atoms with E-state index < -0.39 is 16.1 Å². The summed E-state index contributed by atoms with van der Waals surface area (Å²) >= 11 is 3.29.